The van der Waals surface area contributed by atoms with Crippen LogP contribution in [0.4, 0.5) is 0 Å². The minimum Gasteiger partial charge on any atom is -0.475 e. The Labute approximate surface area is 119 Å². The number of aromatic carboxylic acids is 1. The van der Waals surface area contributed by atoms with Crippen molar-refractivity contribution in [2.45, 2.75) is 6.92 Å². The Bertz CT molecular complexity index is 841. The molecule has 106 valence electrons. The molecule has 3 rings (SSSR count). The molecular weight excluding hydrogens is 272 g/mol. The number of hydrogen-bond donors (Lipinski definition) is 1. The highest BCUT2D eigenvalue weighted by Gasteiger charge is 2.15. The smallest absolute Gasteiger partial charge is 0.374 e. The van der Waals surface area contributed by atoms with Crippen molar-refractivity contribution < 1.29 is 14.6 Å². The fourth-order valence-electron chi connectivity index (χ4n) is 2.00. The molecule has 2 heterocycles. The average molecular weight is 284 g/mol. The third-order valence-corrected chi connectivity index (χ3v) is 2.92. The summed E-state index contributed by atoms with van der Waals surface area (Å²) in [7, 11) is 1.74. The van der Waals surface area contributed by atoms with Crippen LogP contribution in [0.3, 0.4) is 0 Å². The quantitative estimate of drug-likeness (QED) is 0.792. The van der Waals surface area contributed by atoms with E-state index < -0.39 is 5.97 Å². The van der Waals surface area contributed by atoms with Crippen molar-refractivity contribution in [2.75, 3.05) is 0 Å². The molecule has 0 unspecified atom stereocenters. The molecule has 21 heavy (non-hydrogen) atoms. The van der Waals surface area contributed by atoms with E-state index in [-0.39, 0.29) is 11.7 Å². The van der Waals surface area contributed by atoms with Crippen molar-refractivity contribution >= 4 is 16.9 Å². The first kappa shape index (κ1) is 13.0. The van der Waals surface area contributed by atoms with Gasteiger partial charge in [-0.3, -0.25) is 0 Å². The molecule has 1 aromatic carbocycles. The first-order valence-electron chi connectivity index (χ1n) is 6.23. The molecule has 0 fully saturated rings. The molecule has 0 saturated carbocycles. The van der Waals surface area contributed by atoms with Gasteiger partial charge in [0.25, 0.3) is 0 Å². The molecule has 1 N–H and O–H groups in total. The molecule has 0 aliphatic carbocycles. The van der Waals surface area contributed by atoms with E-state index in [2.05, 4.69) is 15.1 Å². The zero-order valence-corrected chi connectivity index (χ0v) is 11.4. The molecule has 0 bridgehead atoms. The maximum absolute atomic E-state index is 11.1. The van der Waals surface area contributed by atoms with Gasteiger partial charge in [0.2, 0.25) is 17.6 Å². The van der Waals surface area contributed by atoms with Crippen LogP contribution >= 0.6 is 0 Å². The van der Waals surface area contributed by atoms with Crippen molar-refractivity contribution in [3.8, 4) is 11.8 Å². The van der Waals surface area contributed by atoms with Crippen LogP contribution in [0, 0.1) is 6.92 Å². The Morgan fingerprint density at radius 3 is 2.71 bits per heavy atom. The second-order valence-electron chi connectivity index (χ2n) is 4.52. The maximum atomic E-state index is 11.1. The second kappa shape index (κ2) is 4.86. The highest BCUT2D eigenvalue weighted by atomic mass is 16.5. The molecule has 0 radical (unpaired) electrons. The number of nitrogens with zero attached hydrogens (tertiary/aromatic N) is 4. The number of aromatic nitrogens is 4. The Morgan fingerprint density at radius 2 is 2.05 bits per heavy atom. The summed E-state index contributed by atoms with van der Waals surface area (Å²) in [6.45, 7) is 1.84. The number of para-hydroxylation sites is 1. The van der Waals surface area contributed by atoms with Gasteiger partial charge in [-0.15, -0.1) is 0 Å². The molecule has 0 aliphatic rings. The zero-order valence-electron chi connectivity index (χ0n) is 11.4. The van der Waals surface area contributed by atoms with E-state index in [1.807, 2.05) is 13.0 Å². The summed E-state index contributed by atoms with van der Waals surface area (Å²) in [5.41, 5.74) is 1.31. The molecule has 0 spiro atoms. The van der Waals surface area contributed by atoms with Crippen LogP contribution in [-0.2, 0) is 7.05 Å². The molecule has 0 aliphatic heterocycles. The van der Waals surface area contributed by atoms with Crippen LogP contribution in [0.15, 0.2) is 30.3 Å². The number of rotatable bonds is 3. The number of benzene rings is 1. The summed E-state index contributed by atoms with van der Waals surface area (Å²) in [5.74, 6) is -0.830. The van der Waals surface area contributed by atoms with E-state index in [0.29, 0.717) is 16.8 Å². The number of ether oxygens (including phenoxy) is 1. The van der Waals surface area contributed by atoms with Crippen molar-refractivity contribution in [2.24, 2.45) is 7.05 Å². The molecule has 0 saturated heterocycles. The Balaban J connectivity index is 2.16. The molecule has 0 amide bonds. The van der Waals surface area contributed by atoms with Crippen LogP contribution in [0.1, 0.15) is 16.3 Å². The third kappa shape index (κ3) is 2.40. The summed E-state index contributed by atoms with van der Waals surface area (Å²) in [6, 6.07) is 8.83. The van der Waals surface area contributed by atoms with Gasteiger partial charge < -0.3 is 9.84 Å². The van der Waals surface area contributed by atoms with Gasteiger partial charge in [-0.1, -0.05) is 12.1 Å². The Hall–Kier alpha value is -2.96. The van der Waals surface area contributed by atoms with E-state index in [1.54, 1.807) is 36.0 Å². The predicted molar refractivity (Wildman–Crippen MR) is 74.5 cm³/mol. The Morgan fingerprint density at radius 1 is 1.29 bits per heavy atom. The normalized spacial score (nSPS) is 10.8. The molecule has 2 aromatic heterocycles. The molecular formula is C14H12N4O3. The Kier molecular flexibility index (Phi) is 3.02. The summed E-state index contributed by atoms with van der Waals surface area (Å²) < 4.78 is 7.28. The molecule has 7 heteroatoms. The van der Waals surface area contributed by atoms with Gasteiger partial charge in [-0.2, -0.15) is 10.1 Å². The van der Waals surface area contributed by atoms with Crippen molar-refractivity contribution in [3.05, 3.63) is 41.9 Å². The minimum atomic E-state index is -1.20. The van der Waals surface area contributed by atoms with Crippen molar-refractivity contribution in [3.63, 3.8) is 0 Å². The zero-order chi connectivity index (χ0) is 15.0. The van der Waals surface area contributed by atoms with Gasteiger partial charge >= 0.3 is 5.97 Å². The lowest BCUT2D eigenvalue weighted by atomic mass is 10.2. The van der Waals surface area contributed by atoms with Crippen LogP contribution in [0.25, 0.3) is 10.9 Å². The van der Waals surface area contributed by atoms with E-state index in [1.165, 1.54) is 0 Å². The fourth-order valence-corrected chi connectivity index (χ4v) is 2.00. The maximum Gasteiger partial charge on any atom is 0.374 e. The highest BCUT2D eigenvalue weighted by Crippen LogP contribution is 2.27. The largest absolute Gasteiger partial charge is 0.475 e. The van der Waals surface area contributed by atoms with E-state index in [0.717, 1.165) is 5.69 Å². The lowest BCUT2D eigenvalue weighted by Crippen LogP contribution is -2.06. The SMILES string of the molecule is Cc1cc(Oc2nc(C(=O)O)nc3ccccc23)n(C)n1. The number of carboxylic acids is 1. The summed E-state index contributed by atoms with van der Waals surface area (Å²) in [5, 5.41) is 13.9. The lowest BCUT2D eigenvalue weighted by Gasteiger charge is -2.08. The van der Waals surface area contributed by atoms with Crippen LogP contribution in [0.2, 0.25) is 0 Å². The standard InChI is InChI=1S/C14H12N4O3/c1-8-7-11(18(2)17-8)21-13-9-5-3-4-6-10(9)15-12(16-13)14(19)20/h3-7H,1-2H3,(H,19,20). The number of fused-ring (bicyclic) bond motifs is 1. The predicted octanol–water partition coefficient (Wildman–Crippen LogP) is 2.16. The van der Waals surface area contributed by atoms with Gasteiger partial charge in [0.05, 0.1) is 16.6 Å². The average Bonchev–Trinajstić information content (AvgIpc) is 2.76. The lowest BCUT2D eigenvalue weighted by molar-refractivity contribution is 0.0683. The number of hydrogen-bond acceptors (Lipinski definition) is 5. The van der Waals surface area contributed by atoms with Gasteiger partial charge in [0.15, 0.2) is 0 Å². The van der Waals surface area contributed by atoms with Crippen molar-refractivity contribution in [1.29, 1.82) is 0 Å². The molecule has 0 atom stereocenters. The minimum absolute atomic E-state index is 0.195. The van der Waals surface area contributed by atoms with Crippen molar-refractivity contribution in [1.82, 2.24) is 19.7 Å². The summed E-state index contributed by atoms with van der Waals surface area (Å²) in [4.78, 5) is 19.1. The monoisotopic (exact) mass is 284 g/mol. The van der Waals surface area contributed by atoms with Crippen LogP contribution in [0.5, 0.6) is 11.8 Å². The first-order valence-corrected chi connectivity index (χ1v) is 6.23. The van der Waals surface area contributed by atoms with E-state index in [9.17, 15) is 4.79 Å². The summed E-state index contributed by atoms with van der Waals surface area (Å²) >= 11 is 0. The first-order chi connectivity index (χ1) is 10.0. The number of carbonyl (C=O) groups is 1. The molecule has 3 aromatic rings. The summed E-state index contributed by atoms with van der Waals surface area (Å²) in [6.07, 6.45) is 0. The van der Waals surface area contributed by atoms with E-state index >= 15 is 0 Å². The van der Waals surface area contributed by atoms with Gasteiger partial charge in [-0.25, -0.2) is 14.5 Å². The van der Waals surface area contributed by atoms with Gasteiger partial charge in [-0.05, 0) is 19.1 Å². The highest BCUT2D eigenvalue weighted by molar-refractivity contribution is 5.90. The second-order valence-corrected chi connectivity index (χ2v) is 4.52. The van der Waals surface area contributed by atoms with Gasteiger partial charge in [0, 0.05) is 13.1 Å². The van der Waals surface area contributed by atoms with Crippen LogP contribution in [-0.4, -0.2) is 30.8 Å². The number of carboxylic acid groups (broad SMARTS) is 1. The fraction of sp³-hybridized carbons (Fsp3) is 0.143. The van der Waals surface area contributed by atoms with Crippen LogP contribution < -0.4 is 4.74 Å². The topological polar surface area (TPSA) is 90.1 Å². The molecule has 7 nitrogen and oxygen atoms in total. The number of aryl methyl sites for hydroxylation is 2. The van der Waals surface area contributed by atoms with E-state index in [4.69, 9.17) is 9.84 Å². The third-order valence-electron chi connectivity index (χ3n) is 2.92. The van der Waals surface area contributed by atoms with Gasteiger partial charge in [0.1, 0.15) is 0 Å².